The van der Waals surface area contributed by atoms with E-state index in [1.165, 1.54) is 5.56 Å². The molecule has 0 bridgehead atoms. The van der Waals surface area contributed by atoms with Crippen molar-refractivity contribution in [1.29, 1.82) is 0 Å². The van der Waals surface area contributed by atoms with E-state index in [1.54, 1.807) is 0 Å². The van der Waals surface area contributed by atoms with Crippen molar-refractivity contribution < 1.29 is 4.74 Å². The lowest BCUT2D eigenvalue weighted by Gasteiger charge is -2.15. The second-order valence-electron chi connectivity index (χ2n) is 6.21. The van der Waals surface area contributed by atoms with Gasteiger partial charge in [-0.2, -0.15) is 15.0 Å². The predicted molar refractivity (Wildman–Crippen MR) is 108 cm³/mol. The topological polar surface area (TPSA) is 98.0 Å². The first-order chi connectivity index (χ1) is 13.1. The zero-order valence-corrected chi connectivity index (χ0v) is 15.5. The molecule has 0 saturated carbocycles. The molecule has 0 saturated heterocycles. The highest BCUT2D eigenvalue weighted by Crippen LogP contribution is 2.18. The third-order valence-electron chi connectivity index (χ3n) is 3.97. The lowest BCUT2D eigenvalue weighted by Crippen LogP contribution is -2.16. The lowest BCUT2D eigenvalue weighted by molar-refractivity contribution is 0.332. The van der Waals surface area contributed by atoms with Crippen LogP contribution in [0.5, 0.6) is 5.75 Å². The molecule has 0 fully saturated rings. The molecule has 0 aliphatic rings. The average Bonchev–Trinajstić information content (AvgIpc) is 2.66. The molecular formula is C20H24N6O. The van der Waals surface area contributed by atoms with Crippen LogP contribution in [-0.2, 0) is 0 Å². The summed E-state index contributed by atoms with van der Waals surface area (Å²) in [6, 6.07) is 18.0. The lowest BCUT2D eigenvalue weighted by atomic mass is 10.1. The van der Waals surface area contributed by atoms with Gasteiger partial charge in [-0.1, -0.05) is 48.0 Å². The number of nitrogens with one attached hydrogen (secondary N) is 2. The fourth-order valence-corrected chi connectivity index (χ4v) is 2.52. The molecule has 0 radical (unpaired) electrons. The molecule has 2 aromatic carbocycles. The van der Waals surface area contributed by atoms with E-state index in [9.17, 15) is 0 Å². The first-order valence-electron chi connectivity index (χ1n) is 8.86. The van der Waals surface area contributed by atoms with Crippen LogP contribution in [-0.4, -0.2) is 28.1 Å². The van der Waals surface area contributed by atoms with Gasteiger partial charge < -0.3 is 21.1 Å². The molecule has 27 heavy (non-hydrogen) atoms. The molecule has 0 spiro atoms. The number of rotatable bonds is 8. The molecular weight excluding hydrogens is 340 g/mol. The van der Waals surface area contributed by atoms with Gasteiger partial charge in [0.1, 0.15) is 12.4 Å². The summed E-state index contributed by atoms with van der Waals surface area (Å²) in [7, 11) is 0. The van der Waals surface area contributed by atoms with Gasteiger partial charge in [0.25, 0.3) is 0 Å². The van der Waals surface area contributed by atoms with Gasteiger partial charge in [0, 0.05) is 0 Å². The van der Waals surface area contributed by atoms with Crippen molar-refractivity contribution in [2.45, 2.75) is 19.9 Å². The van der Waals surface area contributed by atoms with Crippen molar-refractivity contribution in [3.05, 3.63) is 65.7 Å². The summed E-state index contributed by atoms with van der Waals surface area (Å²) in [4.78, 5) is 12.7. The SMILES string of the molecule is Cc1ccc([C@H](C)Nc2nc(N)nc(NCCOc3ccccc3)n2)cc1. The normalized spacial score (nSPS) is 11.6. The zero-order chi connectivity index (χ0) is 19.1. The number of nitrogen functional groups attached to an aromatic ring is 1. The van der Waals surface area contributed by atoms with Crippen LogP contribution in [0.3, 0.4) is 0 Å². The predicted octanol–water partition coefficient (Wildman–Crippen LogP) is 3.43. The fraction of sp³-hybridized carbons (Fsp3) is 0.250. The van der Waals surface area contributed by atoms with Gasteiger partial charge in [-0.15, -0.1) is 0 Å². The zero-order valence-electron chi connectivity index (χ0n) is 15.5. The van der Waals surface area contributed by atoms with Crippen molar-refractivity contribution in [2.75, 3.05) is 29.5 Å². The minimum absolute atomic E-state index is 0.0432. The molecule has 1 atom stereocenters. The summed E-state index contributed by atoms with van der Waals surface area (Å²) in [5.74, 6) is 1.83. The van der Waals surface area contributed by atoms with Crippen molar-refractivity contribution in [3.8, 4) is 5.75 Å². The molecule has 7 nitrogen and oxygen atoms in total. The van der Waals surface area contributed by atoms with Gasteiger partial charge in [0.05, 0.1) is 12.6 Å². The Kier molecular flexibility index (Phi) is 6.04. The minimum atomic E-state index is 0.0432. The summed E-state index contributed by atoms with van der Waals surface area (Å²) in [6.45, 7) is 5.14. The van der Waals surface area contributed by atoms with Gasteiger partial charge in [-0.25, -0.2) is 0 Å². The van der Waals surface area contributed by atoms with Crippen LogP contribution in [0.1, 0.15) is 24.1 Å². The highest BCUT2D eigenvalue weighted by atomic mass is 16.5. The Balaban J connectivity index is 1.56. The van der Waals surface area contributed by atoms with E-state index in [-0.39, 0.29) is 12.0 Å². The van der Waals surface area contributed by atoms with Crippen LogP contribution in [0.2, 0.25) is 0 Å². The number of anilines is 3. The number of hydrogen-bond donors (Lipinski definition) is 3. The molecule has 0 unspecified atom stereocenters. The Bertz CT molecular complexity index is 854. The highest BCUT2D eigenvalue weighted by molar-refractivity contribution is 5.41. The van der Waals surface area contributed by atoms with Crippen molar-refractivity contribution >= 4 is 17.8 Å². The van der Waals surface area contributed by atoms with E-state index in [0.29, 0.717) is 25.0 Å². The number of ether oxygens (including phenoxy) is 1. The van der Waals surface area contributed by atoms with E-state index in [0.717, 1.165) is 11.3 Å². The molecule has 0 aliphatic heterocycles. The van der Waals surface area contributed by atoms with Crippen LogP contribution in [0.15, 0.2) is 54.6 Å². The van der Waals surface area contributed by atoms with Crippen molar-refractivity contribution in [3.63, 3.8) is 0 Å². The van der Waals surface area contributed by atoms with Crippen LogP contribution in [0.4, 0.5) is 17.8 Å². The molecule has 1 aromatic heterocycles. The first kappa shape index (κ1) is 18.4. The molecule has 0 aliphatic carbocycles. The maximum absolute atomic E-state index is 5.82. The monoisotopic (exact) mass is 364 g/mol. The third-order valence-corrected chi connectivity index (χ3v) is 3.97. The Morgan fingerprint density at radius 2 is 1.67 bits per heavy atom. The molecule has 3 aromatic rings. The number of hydrogen-bond acceptors (Lipinski definition) is 7. The van der Waals surface area contributed by atoms with Crippen LogP contribution < -0.4 is 21.1 Å². The minimum Gasteiger partial charge on any atom is -0.492 e. The summed E-state index contributed by atoms with van der Waals surface area (Å²) in [5, 5.41) is 6.37. The van der Waals surface area contributed by atoms with E-state index in [2.05, 4.69) is 56.8 Å². The smallest absolute Gasteiger partial charge is 0.229 e. The summed E-state index contributed by atoms with van der Waals surface area (Å²) < 4.78 is 5.64. The standard InChI is InChI=1S/C20H24N6O/c1-14-8-10-16(11-9-14)15(2)23-20-25-18(21)24-19(26-20)22-12-13-27-17-6-4-3-5-7-17/h3-11,15H,12-13H2,1-2H3,(H4,21,22,23,24,25,26)/t15-/m0/s1. The maximum Gasteiger partial charge on any atom is 0.229 e. The maximum atomic E-state index is 5.82. The first-order valence-corrected chi connectivity index (χ1v) is 8.86. The largest absolute Gasteiger partial charge is 0.492 e. The van der Waals surface area contributed by atoms with Crippen LogP contribution in [0, 0.1) is 6.92 Å². The fourth-order valence-electron chi connectivity index (χ4n) is 2.52. The van der Waals surface area contributed by atoms with E-state index in [1.807, 2.05) is 37.3 Å². The highest BCUT2D eigenvalue weighted by Gasteiger charge is 2.09. The Morgan fingerprint density at radius 1 is 0.963 bits per heavy atom. The number of benzene rings is 2. The van der Waals surface area contributed by atoms with Gasteiger partial charge >= 0.3 is 0 Å². The molecule has 1 heterocycles. The van der Waals surface area contributed by atoms with Gasteiger partial charge in [0.15, 0.2) is 0 Å². The Hall–Kier alpha value is -3.35. The number of aromatic nitrogens is 3. The van der Waals surface area contributed by atoms with Gasteiger partial charge in [0.2, 0.25) is 17.8 Å². The van der Waals surface area contributed by atoms with E-state index in [4.69, 9.17) is 10.5 Å². The molecule has 7 heteroatoms. The molecule has 0 amide bonds. The molecule has 4 N–H and O–H groups in total. The summed E-state index contributed by atoms with van der Waals surface area (Å²) in [6.07, 6.45) is 0. The number of nitrogens with zero attached hydrogens (tertiary/aromatic N) is 3. The quantitative estimate of drug-likeness (QED) is 0.527. The molecule has 140 valence electrons. The van der Waals surface area contributed by atoms with Gasteiger partial charge in [-0.05, 0) is 31.5 Å². The summed E-state index contributed by atoms with van der Waals surface area (Å²) in [5.41, 5.74) is 8.18. The van der Waals surface area contributed by atoms with Crippen LogP contribution >= 0.6 is 0 Å². The second-order valence-corrected chi connectivity index (χ2v) is 6.21. The third kappa shape index (κ3) is 5.57. The average molecular weight is 364 g/mol. The second kappa shape index (κ2) is 8.84. The van der Waals surface area contributed by atoms with Gasteiger partial charge in [-0.3, -0.25) is 0 Å². The van der Waals surface area contributed by atoms with Crippen molar-refractivity contribution in [2.24, 2.45) is 0 Å². The number of nitrogens with two attached hydrogens (primary N) is 1. The Labute approximate surface area is 159 Å². The van der Waals surface area contributed by atoms with E-state index < -0.39 is 0 Å². The van der Waals surface area contributed by atoms with E-state index >= 15 is 0 Å². The molecule has 3 rings (SSSR count). The Morgan fingerprint density at radius 3 is 2.41 bits per heavy atom. The number of aryl methyl sites for hydroxylation is 1. The van der Waals surface area contributed by atoms with Crippen molar-refractivity contribution in [1.82, 2.24) is 15.0 Å². The summed E-state index contributed by atoms with van der Waals surface area (Å²) >= 11 is 0. The van der Waals surface area contributed by atoms with Crippen LogP contribution in [0.25, 0.3) is 0 Å². The number of para-hydroxylation sites is 1.